The smallest absolute Gasteiger partial charge is 0.126 e. The lowest BCUT2D eigenvalue weighted by atomic mass is 9.96. The van der Waals surface area contributed by atoms with Gasteiger partial charge in [0, 0.05) is 30.8 Å². The normalized spacial score (nSPS) is 20.9. The number of benzene rings is 2. The third kappa shape index (κ3) is 3.39. The van der Waals surface area contributed by atoms with E-state index >= 15 is 0 Å². The van der Waals surface area contributed by atoms with Crippen LogP contribution in [0.25, 0.3) is 0 Å². The Balaban J connectivity index is 1.61. The van der Waals surface area contributed by atoms with Crippen LogP contribution in [-0.2, 0) is 11.2 Å². The van der Waals surface area contributed by atoms with E-state index in [1.807, 2.05) is 12.1 Å². The largest absolute Gasteiger partial charge is 0.497 e. The van der Waals surface area contributed by atoms with Gasteiger partial charge in [-0.05, 0) is 62.6 Å². The lowest BCUT2D eigenvalue weighted by Crippen LogP contribution is -2.38. The van der Waals surface area contributed by atoms with E-state index in [-0.39, 0.29) is 11.7 Å². The fraction of sp³-hybridized carbons (Fsp3) is 0.478. The van der Waals surface area contributed by atoms with Crippen molar-refractivity contribution in [2.45, 2.75) is 45.8 Å². The summed E-state index contributed by atoms with van der Waals surface area (Å²) in [7, 11) is 1.69. The highest BCUT2D eigenvalue weighted by atomic mass is 16.5. The molecule has 4 rings (SSSR count). The van der Waals surface area contributed by atoms with Crippen molar-refractivity contribution in [1.29, 1.82) is 0 Å². The minimum Gasteiger partial charge on any atom is -0.497 e. The summed E-state index contributed by atoms with van der Waals surface area (Å²) in [5.74, 6) is 1.96. The fourth-order valence-electron chi connectivity index (χ4n) is 4.20. The topological polar surface area (TPSA) is 30.9 Å². The number of rotatable bonds is 3. The average molecular weight is 367 g/mol. The summed E-state index contributed by atoms with van der Waals surface area (Å²) < 4.78 is 17.6. The fourth-order valence-corrected chi connectivity index (χ4v) is 4.20. The zero-order chi connectivity index (χ0) is 19.2. The van der Waals surface area contributed by atoms with Gasteiger partial charge in [0.1, 0.15) is 23.2 Å². The van der Waals surface area contributed by atoms with Gasteiger partial charge in [-0.2, -0.15) is 0 Å². The SMILES string of the molecule is COc1ccc(C2CN(c3cc4c(c(C)c3C)OC(C)(C)C4)CCO2)cc1. The van der Waals surface area contributed by atoms with Gasteiger partial charge in [0.2, 0.25) is 0 Å². The molecule has 2 aliphatic rings. The summed E-state index contributed by atoms with van der Waals surface area (Å²) >= 11 is 0. The molecule has 2 heterocycles. The molecule has 27 heavy (non-hydrogen) atoms. The summed E-state index contributed by atoms with van der Waals surface area (Å²) in [5.41, 5.74) is 6.29. The third-order valence-corrected chi connectivity index (χ3v) is 5.78. The maximum absolute atomic E-state index is 6.21. The second kappa shape index (κ2) is 6.75. The Hall–Kier alpha value is -2.20. The first-order valence-electron chi connectivity index (χ1n) is 9.70. The van der Waals surface area contributed by atoms with Gasteiger partial charge in [-0.3, -0.25) is 0 Å². The maximum atomic E-state index is 6.21. The number of fused-ring (bicyclic) bond motifs is 1. The second-order valence-electron chi connectivity index (χ2n) is 8.25. The number of nitrogens with zero attached hydrogens (tertiary/aromatic N) is 1. The summed E-state index contributed by atoms with van der Waals surface area (Å²) in [4.78, 5) is 2.46. The third-order valence-electron chi connectivity index (χ3n) is 5.78. The molecule has 0 N–H and O–H groups in total. The molecule has 0 bridgehead atoms. The Morgan fingerprint density at radius 3 is 2.56 bits per heavy atom. The van der Waals surface area contributed by atoms with Crippen LogP contribution in [0.5, 0.6) is 11.5 Å². The Morgan fingerprint density at radius 2 is 1.85 bits per heavy atom. The first-order chi connectivity index (χ1) is 12.9. The van der Waals surface area contributed by atoms with E-state index in [2.05, 4.69) is 50.8 Å². The van der Waals surface area contributed by atoms with Crippen molar-refractivity contribution in [2.75, 3.05) is 31.7 Å². The van der Waals surface area contributed by atoms with Gasteiger partial charge in [-0.15, -0.1) is 0 Å². The molecule has 1 atom stereocenters. The monoisotopic (exact) mass is 367 g/mol. The van der Waals surface area contributed by atoms with Gasteiger partial charge in [0.25, 0.3) is 0 Å². The van der Waals surface area contributed by atoms with E-state index in [9.17, 15) is 0 Å². The first-order valence-corrected chi connectivity index (χ1v) is 9.70. The molecule has 0 amide bonds. The Bertz CT molecular complexity index is 842. The van der Waals surface area contributed by atoms with Crippen LogP contribution in [-0.4, -0.2) is 32.4 Å². The van der Waals surface area contributed by atoms with Gasteiger partial charge in [0.05, 0.1) is 13.7 Å². The second-order valence-corrected chi connectivity index (χ2v) is 8.25. The molecule has 1 saturated heterocycles. The minimum atomic E-state index is -0.116. The lowest BCUT2D eigenvalue weighted by molar-refractivity contribution is 0.0397. The summed E-state index contributed by atoms with van der Waals surface area (Å²) in [6.07, 6.45) is 1.04. The number of methoxy groups -OCH3 is 1. The number of morpholine rings is 1. The maximum Gasteiger partial charge on any atom is 0.126 e. The first kappa shape index (κ1) is 18.2. The van der Waals surface area contributed by atoms with E-state index in [1.54, 1.807) is 7.11 Å². The standard InChI is InChI=1S/C23H29NO3/c1-15-16(2)22-18(13-23(3,4)27-22)12-20(15)24-10-11-26-21(14-24)17-6-8-19(25-5)9-7-17/h6-9,12,21H,10-11,13-14H2,1-5H3. The molecular weight excluding hydrogens is 338 g/mol. The van der Waals surface area contributed by atoms with Crippen molar-refractivity contribution >= 4 is 5.69 Å². The van der Waals surface area contributed by atoms with Gasteiger partial charge in [0.15, 0.2) is 0 Å². The van der Waals surface area contributed by atoms with Crippen LogP contribution in [0.3, 0.4) is 0 Å². The molecule has 0 aromatic heterocycles. The van der Waals surface area contributed by atoms with Crippen LogP contribution in [0, 0.1) is 13.8 Å². The molecule has 1 fully saturated rings. The van der Waals surface area contributed by atoms with Gasteiger partial charge in [-0.1, -0.05) is 12.1 Å². The van der Waals surface area contributed by atoms with E-state index in [0.717, 1.165) is 37.6 Å². The highest BCUT2D eigenvalue weighted by Gasteiger charge is 2.33. The van der Waals surface area contributed by atoms with Crippen LogP contribution < -0.4 is 14.4 Å². The molecule has 2 aliphatic heterocycles. The van der Waals surface area contributed by atoms with Crippen molar-refractivity contribution in [1.82, 2.24) is 0 Å². The molecule has 4 heteroatoms. The highest BCUT2D eigenvalue weighted by molar-refractivity contribution is 5.65. The minimum absolute atomic E-state index is 0.0744. The Kier molecular flexibility index (Phi) is 4.55. The van der Waals surface area contributed by atoms with Crippen LogP contribution in [0.1, 0.15) is 42.2 Å². The van der Waals surface area contributed by atoms with Crippen LogP contribution in [0.2, 0.25) is 0 Å². The summed E-state index contributed by atoms with van der Waals surface area (Å²) in [6.45, 7) is 11.2. The molecule has 0 saturated carbocycles. The lowest BCUT2D eigenvalue weighted by Gasteiger charge is -2.36. The van der Waals surface area contributed by atoms with Crippen molar-refractivity contribution in [3.05, 3.63) is 52.6 Å². The molecule has 0 radical (unpaired) electrons. The number of ether oxygens (including phenoxy) is 3. The van der Waals surface area contributed by atoms with E-state index < -0.39 is 0 Å². The van der Waals surface area contributed by atoms with E-state index in [1.165, 1.54) is 27.9 Å². The zero-order valence-corrected chi connectivity index (χ0v) is 17.0. The molecular formula is C23H29NO3. The average Bonchev–Trinajstić information content (AvgIpc) is 2.99. The van der Waals surface area contributed by atoms with E-state index in [0.29, 0.717) is 0 Å². The van der Waals surface area contributed by atoms with Gasteiger partial charge in [-0.25, -0.2) is 0 Å². The number of hydrogen-bond acceptors (Lipinski definition) is 4. The predicted octanol–water partition coefficient (Wildman–Crippen LogP) is 4.60. The van der Waals surface area contributed by atoms with Crippen molar-refractivity contribution < 1.29 is 14.2 Å². The highest BCUT2D eigenvalue weighted by Crippen LogP contribution is 2.43. The van der Waals surface area contributed by atoms with E-state index in [4.69, 9.17) is 14.2 Å². The van der Waals surface area contributed by atoms with Gasteiger partial charge >= 0.3 is 0 Å². The Labute approximate surface area is 162 Å². The molecule has 2 aromatic rings. The zero-order valence-electron chi connectivity index (χ0n) is 17.0. The van der Waals surface area contributed by atoms with Crippen LogP contribution >= 0.6 is 0 Å². The molecule has 4 nitrogen and oxygen atoms in total. The predicted molar refractivity (Wildman–Crippen MR) is 108 cm³/mol. The molecule has 0 spiro atoms. The van der Waals surface area contributed by atoms with Crippen LogP contribution in [0.15, 0.2) is 30.3 Å². The van der Waals surface area contributed by atoms with Crippen molar-refractivity contribution in [3.63, 3.8) is 0 Å². The van der Waals surface area contributed by atoms with Crippen molar-refractivity contribution in [3.8, 4) is 11.5 Å². The Morgan fingerprint density at radius 1 is 1.11 bits per heavy atom. The summed E-state index contributed by atoms with van der Waals surface area (Å²) in [5, 5.41) is 0. The van der Waals surface area contributed by atoms with Crippen molar-refractivity contribution in [2.24, 2.45) is 0 Å². The molecule has 2 aromatic carbocycles. The van der Waals surface area contributed by atoms with Gasteiger partial charge < -0.3 is 19.1 Å². The molecule has 1 unspecified atom stereocenters. The number of anilines is 1. The van der Waals surface area contributed by atoms with Crippen LogP contribution in [0.4, 0.5) is 5.69 Å². The molecule has 144 valence electrons. The molecule has 0 aliphatic carbocycles. The quantitative estimate of drug-likeness (QED) is 0.793. The summed E-state index contributed by atoms with van der Waals surface area (Å²) in [6, 6.07) is 10.5. The number of hydrogen-bond donors (Lipinski definition) is 0.